The average molecular weight is 1510 g/mol. The van der Waals surface area contributed by atoms with Crippen molar-refractivity contribution in [2.75, 3.05) is 39.6 Å². The number of carbonyl (C=O) groups is 3. The Morgan fingerprint density at radius 3 is 0.829 bits per heavy atom. The molecule has 596 valence electrons. The van der Waals surface area contributed by atoms with Gasteiger partial charge in [0.15, 0.2) is 6.10 Å². The summed E-state index contributed by atoms with van der Waals surface area (Å²) >= 11 is 0. The highest BCUT2D eigenvalue weighted by Gasteiger charge is 2.29. The van der Waals surface area contributed by atoms with Gasteiger partial charge in [0.05, 0.1) is 26.4 Å². The van der Waals surface area contributed by atoms with Crippen molar-refractivity contribution in [3.63, 3.8) is 0 Å². The van der Waals surface area contributed by atoms with Gasteiger partial charge < -0.3 is 34.2 Å². The molecule has 0 aromatic rings. The van der Waals surface area contributed by atoms with Crippen LogP contribution in [0.5, 0.6) is 0 Å². The van der Waals surface area contributed by atoms with Crippen LogP contribution < -0.4 is 0 Å². The molecule has 0 saturated carbocycles. The molecule has 18 heteroatoms. The third kappa shape index (κ3) is 79.5. The fourth-order valence-electron chi connectivity index (χ4n) is 10.1. The molecule has 0 aliphatic heterocycles. The van der Waals surface area contributed by atoms with Crippen LogP contribution in [-0.2, 0) is 55.8 Å². The smallest absolute Gasteiger partial charge is 0.463 e. The SMILES string of the molecule is CC/C=C\C/C=C\C/C=C\C/C=C\C/C=C\C/C=C\CCCCCCCCCCC(=O)OCC(O)COP(=O)(O)OCC(O)COP(=O)(O)OCC(COC(=O)CCCCCCCCCCC/C=C\C/C=C\C/C=C\C/C=C\CCCCC)OC(=O)CCC/C=C\C/C=C\C/C=C\C/C=C\C/C=C\CC. The number of ether oxygens (including phenoxy) is 3. The predicted octanol–water partition coefficient (Wildman–Crippen LogP) is 23.8. The number of phosphoric ester groups is 2. The maximum atomic E-state index is 13.0. The van der Waals surface area contributed by atoms with Crippen molar-refractivity contribution >= 4 is 33.6 Å². The number of carbonyl (C=O) groups excluding carboxylic acids is 3. The molecular weight excluding hydrogens is 1360 g/mol. The summed E-state index contributed by atoms with van der Waals surface area (Å²) in [7, 11) is -9.83. The summed E-state index contributed by atoms with van der Waals surface area (Å²) in [6.07, 6.45) is 101. The predicted molar refractivity (Wildman–Crippen MR) is 435 cm³/mol. The summed E-state index contributed by atoms with van der Waals surface area (Å²) in [5.41, 5.74) is 0. The van der Waals surface area contributed by atoms with Crippen LogP contribution in [0.2, 0.25) is 0 Å². The molecule has 0 aromatic heterocycles. The zero-order valence-electron chi connectivity index (χ0n) is 65.1. The average Bonchev–Trinajstić information content (AvgIpc) is 0.911. The molecular formula is C87H142O16P2. The van der Waals surface area contributed by atoms with E-state index >= 15 is 0 Å². The summed E-state index contributed by atoms with van der Waals surface area (Å²) in [6.45, 7) is 2.33. The van der Waals surface area contributed by atoms with Crippen molar-refractivity contribution in [2.24, 2.45) is 0 Å². The molecule has 0 spiro atoms. The van der Waals surface area contributed by atoms with E-state index in [2.05, 4.69) is 191 Å². The zero-order valence-corrected chi connectivity index (χ0v) is 66.9. The quantitative estimate of drug-likeness (QED) is 0.0146. The molecule has 105 heavy (non-hydrogen) atoms. The molecule has 5 atom stereocenters. The second-order valence-corrected chi connectivity index (χ2v) is 29.0. The van der Waals surface area contributed by atoms with Crippen LogP contribution in [0.4, 0.5) is 0 Å². The van der Waals surface area contributed by atoms with Crippen LogP contribution in [0.25, 0.3) is 0 Å². The Balaban J connectivity index is 4.68. The lowest BCUT2D eigenvalue weighted by Gasteiger charge is -2.21. The molecule has 5 unspecified atom stereocenters. The Hall–Kier alpha value is -5.35. The van der Waals surface area contributed by atoms with Crippen molar-refractivity contribution in [1.82, 2.24) is 0 Å². The Labute approximate surface area is 636 Å². The first-order chi connectivity index (χ1) is 51.2. The molecule has 0 aromatic carbocycles. The van der Waals surface area contributed by atoms with E-state index in [0.29, 0.717) is 25.7 Å². The minimum atomic E-state index is -4.96. The molecule has 0 aliphatic carbocycles. The standard InChI is InChI=1S/C87H142O16P2/c1-4-7-10-13-16-19-22-25-28-31-33-35-37-39-40-42-44-45-47-50-52-55-58-61-64-67-70-73-85(90)97-76-82(88)77-99-104(93,94)100-78-83(89)79-101-105(95,96)102-81-84(103-87(92)75-72-69-66-63-60-57-54-49-30-27-24-21-18-15-12-9-6-3)80-98-86(91)74-71-68-65-62-59-56-53-51-48-46-43-41-38-36-34-32-29-26-23-20-17-14-11-8-5-2/h7,9-10,12,16-21,25-30,33-36,39-41,43-45,54,57,63,66,82-84,88-89H,4-6,8,11,13-15,22-24,31-32,37-38,42,46-53,55-56,58-62,64-65,67-81H2,1-3H3,(H,93,94)(H,95,96)/b10-7-,12-9-,19-16-,20-17-,21-18-,28-25-,29-26-,30-27-,35-33-,36-34-,40-39-,43-41-,45-44-,57-54-,66-63-. The molecule has 0 radical (unpaired) electrons. The van der Waals surface area contributed by atoms with E-state index < -0.39 is 91.5 Å². The van der Waals surface area contributed by atoms with E-state index in [1.54, 1.807) is 0 Å². The van der Waals surface area contributed by atoms with Gasteiger partial charge in [-0.1, -0.05) is 299 Å². The molecule has 0 amide bonds. The van der Waals surface area contributed by atoms with Gasteiger partial charge in [-0.25, -0.2) is 9.13 Å². The highest BCUT2D eigenvalue weighted by atomic mass is 31.2. The molecule has 0 bridgehead atoms. The van der Waals surface area contributed by atoms with Gasteiger partial charge in [-0.15, -0.1) is 0 Å². The van der Waals surface area contributed by atoms with Crippen LogP contribution >= 0.6 is 15.6 Å². The second-order valence-electron chi connectivity index (χ2n) is 26.1. The van der Waals surface area contributed by atoms with E-state index in [0.717, 1.165) is 154 Å². The lowest BCUT2D eigenvalue weighted by molar-refractivity contribution is -0.161. The van der Waals surface area contributed by atoms with Gasteiger partial charge in [-0.3, -0.25) is 32.5 Å². The first-order valence-electron chi connectivity index (χ1n) is 40.1. The topological polar surface area (TPSA) is 231 Å². The highest BCUT2D eigenvalue weighted by Crippen LogP contribution is 2.45. The minimum absolute atomic E-state index is 0.0184. The van der Waals surface area contributed by atoms with Crippen LogP contribution in [-0.4, -0.2) is 95.9 Å². The summed E-state index contributed by atoms with van der Waals surface area (Å²) in [4.78, 5) is 58.7. The Bertz CT molecular complexity index is 2640. The van der Waals surface area contributed by atoms with Gasteiger partial charge in [-0.2, -0.15) is 0 Å². The molecule has 4 N–H and O–H groups in total. The summed E-state index contributed by atoms with van der Waals surface area (Å²) < 4.78 is 61.1. The maximum absolute atomic E-state index is 13.0. The van der Waals surface area contributed by atoms with E-state index in [9.17, 15) is 43.5 Å². The van der Waals surface area contributed by atoms with E-state index in [-0.39, 0.29) is 19.3 Å². The van der Waals surface area contributed by atoms with Gasteiger partial charge in [0.25, 0.3) is 0 Å². The zero-order chi connectivity index (χ0) is 76.6. The fraction of sp³-hybridized carbons (Fsp3) is 0.621. The Kier molecular flexibility index (Phi) is 74.3. The molecule has 0 heterocycles. The van der Waals surface area contributed by atoms with Crippen LogP contribution in [0.3, 0.4) is 0 Å². The first kappa shape index (κ1) is 99.7. The monoisotopic (exact) mass is 1500 g/mol. The number of esters is 3. The van der Waals surface area contributed by atoms with Crippen LogP contribution in [0.15, 0.2) is 182 Å². The number of unbranched alkanes of at least 4 members (excludes halogenated alkanes) is 21. The van der Waals surface area contributed by atoms with E-state index in [1.165, 1.54) is 70.6 Å². The molecule has 0 saturated heterocycles. The normalized spacial score (nSPS) is 14.9. The molecule has 16 nitrogen and oxygen atoms in total. The highest BCUT2D eigenvalue weighted by molar-refractivity contribution is 7.47. The number of rotatable bonds is 74. The van der Waals surface area contributed by atoms with Crippen molar-refractivity contribution in [1.29, 1.82) is 0 Å². The number of hydrogen-bond acceptors (Lipinski definition) is 14. The maximum Gasteiger partial charge on any atom is 0.472 e. The van der Waals surface area contributed by atoms with Gasteiger partial charge in [0, 0.05) is 19.3 Å². The van der Waals surface area contributed by atoms with Gasteiger partial charge in [0.2, 0.25) is 0 Å². The third-order valence-corrected chi connectivity index (χ3v) is 18.0. The lowest BCUT2D eigenvalue weighted by atomic mass is 10.1. The first-order valence-corrected chi connectivity index (χ1v) is 43.1. The van der Waals surface area contributed by atoms with Crippen LogP contribution in [0.1, 0.15) is 290 Å². The van der Waals surface area contributed by atoms with E-state index in [4.69, 9.17) is 32.3 Å². The fourth-order valence-corrected chi connectivity index (χ4v) is 11.6. The largest absolute Gasteiger partial charge is 0.472 e. The number of aliphatic hydroxyl groups is 2. The Morgan fingerprint density at radius 2 is 0.514 bits per heavy atom. The van der Waals surface area contributed by atoms with E-state index in [1.807, 2.05) is 12.2 Å². The van der Waals surface area contributed by atoms with Gasteiger partial charge in [0.1, 0.15) is 25.4 Å². The number of aliphatic hydroxyl groups excluding tert-OH is 2. The number of allylic oxidation sites excluding steroid dienone is 30. The molecule has 0 fully saturated rings. The van der Waals surface area contributed by atoms with Gasteiger partial charge >= 0.3 is 33.6 Å². The Morgan fingerprint density at radius 1 is 0.276 bits per heavy atom. The van der Waals surface area contributed by atoms with Crippen molar-refractivity contribution in [3.8, 4) is 0 Å². The third-order valence-electron chi connectivity index (χ3n) is 16.1. The lowest BCUT2D eigenvalue weighted by Crippen LogP contribution is -2.30. The van der Waals surface area contributed by atoms with Crippen LogP contribution in [0, 0.1) is 0 Å². The second kappa shape index (κ2) is 78.2. The minimum Gasteiger partial charge on any atom is -0.463 e. The van der Waals surface area contributed by atoms with Crippen molar-refractivity contribution < 1.29 is 75.8 Å². The summed E-state index contributed by atoms with van der Waals surface area (Å²) in [5, 5.41) is 20.6. The summed E-state index contributed by atoms with van der Waals surface area (Å²) in [5.74, 6) is -1.67. The number of hydrogen-bond donors (Lipinski definition) is 4. The number of phosphoric acid groups is 2. The molecule has 0 rings (SSSR count). The summed E-state index contributed by atoms with van der Waals surface area (Å²) in [6, 6.07) is 0. The van der Waals surface area contributed by atoms with Gasteiger partial charge in [-0.05, 0) is 154 Å². The van der Waals surface area contributed by atoms with Crippen molar-refractivity contribution in [3.05, 3.63) is 182 Å². The molecule has 0 aliphatic rings. The van der Waals surface area contributed by atoms with Crippen molar-refractivity contribution in [2.45, 2.75) is 309 Å².